The van der Waals surface area contributed by atoms with E-state index in [0.29, 0.717) is 24.8 Å². The number of aryl methyl sites for hydroxylation is 1. The highest BCUT2D eigenvalue weighted by Gasteiger charge is 2.50. The number of hydrogen-bond donors (Lipinski definition) is 1. The summed E-state index contributed by atoms with van der Waals surface area (Å²) in [6.45, 7) is 7.03. The predicted octanol–water partition coefficient (Wildman–Crippen LogP) is 1.92. The van der Waals surface area contributed by atoms with Crippen molar-refractivity contribution in [2.24, 2.45) is 11.3 Å². The molecule has 2 aromatic heterocycles. The van der Waals surface area contributed by atoms with Crippen LogP contribution >= 0.6 is 11.3 Å². The first-order chi connectivity index (χ1) is 11.7. The van der Waals surface area contributed by atoms with Gasteiger partial charge in [-0.15, -0.1) is 11.3 Å². The minimum atomic E-state index is -0.156. The van der Waals surface area contributed by atoms with Crippen LogP contribution in [0, 0.1) is 18.3 Å². The third-order valence-corrected chi connectivity index (χ3v) is 6.07. The SMILES string of the molecule is Cc1ncsc1CN1C[C@@H]2COC[C@]2(CNC(=O)c2ccco2)C1. The number of carbonyl (C=O) groups is 1. The third kappa shape index (κ3) is 2.87. The van der Waals surface area contributed by atoms with Crippen molar-refractivity contribution >= 4 is 17.2 Å². The van der Waals surface area contributed by atoms with Crippen LogP contribution in [0.4, 0.5) is 0 Å². The second-order valence-corrected chi connectivity index (χ2v) is 7.70. The summed E-state index contributed by atoms with van der Waals surface area (Å²) in [5, 5.41) is 3.03. The number of likely N-dealkylation sites (tertiary alicyclic amines) is 1. The lowest BCUT2D eigenvalue weighted by atomic mass is 9.81. The normalized spacial score (nSPS) is 26.6. The molecule has 7 heteroatoms. The van der Waals surface area contributed by atoms with E-state index >= 15 is 0 Å². The van der Waals surface area contributed by atoms with Crippen LogP contribution in [0.15, 0.2) is 28.3 Å². The summed E-state index contributed by atoms with van der Waals surface area (Å²) in [4.78, 5) is 20.3. The zero-order valence-electron chi connectivity index (χ0n) is 13.7. The zero-order valence-corrected chi connectivity index (χ0v) is 14.5. The molecule has 6 nitrogen and oxygen atoms in total. The molecule has 0 aromatic carbocycles. The number of furan rings is 1. The number of nitrogens with one attached hydrogen (secondary N) is 1. The first kappa shape index (κ1) is 15.8. The highest BCUT2D eigenvalue weighted by atomic mass is 32.1. The van der Waals surface area contributed by atoms with Gasteiger partial charge in [-0.25, -0.2) is 4.98 Å². The fraction of sp³-hybridized carbons (Fsp3) is 0.529. The Kier molecular flexibility index (Phi) is 4.15. The van der Waals surface area contributed by atoms with Gasteiger partial charge in [0.1, 0.15) is 0 Å². The van der Waals surface area contributed by atoms with Crippen molar-refractivity contribution in [2.45, 2.75) is 13.5 Å². The Labute approximate surface area is 144 Å². The molecule has 2 fully saturated rings. The van der Waals surface area contributed by atoms with Crippen LogP contribution in [-0.2, 0) is 11.3 Å². The predicted molar refractivity (Wildman–Crippen MR) is 89.9 cm³/mol. The van der Waals surface area contributed by atoms with Crippen LogP contribution < -0.4 is 5.32 Å². The molecule has 2 aliphatic rings. The summed E-state index contributed by atoms with van der Waals surface area (Å²) in [7, 11) is 0. The van der Waals surface area contributed by atoms with Gasteiger partial charge in [0.2, 0.25) is 0 Å². The summed E-state index contributed by atoms with van der Waals surface area (Å²) >= 11 is 1.71. The zero-order chi connectivity index (χ0) is 16.6. The maximum atomic E-state index is 12.2. The number of ether oxygens (including phenoxy) is 1. The fourth-order valence-corrected chi connectivity index (χ4v) is 4.56. The van der Waals surface area contributed by atoms with Gasteiger partial charge in [-0.1, -0.05) is 0 Å². The first-order valence-corrected chi connectivity index (χ1v) is 9.05. The molecule has 0 spiro atoms. The van der Waals surface area contributed by atoms with Gasteiger partial charge in [-0.05, 0) is 19.1 Å². The monoisotopic (exact) mass is 347 g/mol. The maximum absolute atomic E-state index is 12.2. The molecule has 0 aliphatic carbocycles. The summed E-state index contributed by atoms with van der Waals surface area (Å²) in [5.74, 6) is 0.663. The average molecular weight is 347 g/mol. The minimum absolute atomic E-state index is 0.000839. The number of aromatic nitrogens is 1. The van der Waals surface area contributed by atoms with E-state index in [2.05, 4.69) is 22.1 Å². The first-order valence-electron chi connectivity index (χ1n) is 8.17. The molecule has 2 aliphatic heterocycles. The van der Waals surface area contributed by atoms with E-state index in [0.717, 1.165) is 31.9 Å². The smallest absolute Gasteiger partial charge is 0.286 e. The van der Waals surface area contributed by atoms with Crippen LogP contribution in [0.5, 0.6) is 0 Å². The molecule has 1 N–H and O–H groups in total. The minimum Gasteiger partial charge on any atom is -0.459 e. The summed E-state index contributed by atoms with van der Waals surface area (Å²) in [5.41, 5.74) is 3.03. The molecule has 1 amide bonds. The van der Waals surface area contributed by atoms with Gasteiger partial charge in [-0.2, -0.15) is 0 Å². The van der Waals surface area contributed by atoms with Gasteiger partial charge in [-0.3, -0.25) is 9.69 Å². The summed E-state index contributed by atoms with van der Waals surface area (Å²) < 4.78 is 10.9. The number of rotatable bonds is 5. The van der Waals surface area contributed by atoms with E-state index in [-0.39, 0.29) is 11.3 Å². The molecule has 4 heterocycles. The Balaban J connectivity index is 1.41. The van der Waals surface area contributed by atoms with E-state index in [1.807, 2.05) is 5.51 Å². The lowest BCUT2D eigenvalue weighted by molar-refractivity contribution is 0.0878. The highest BCUT2D eigenvalue weighted by molar-refractivity contribution is 7.09. The van der Waals surface area contributed by atoms with E-state index in [1.165, 1.54) is 11.1 Å². The molecule has 4 rings (SSSR count). The van der Waals surface area contributed by atoms with Crippen molar-refractivity contribution in [3.05, 3.63) is 40.2 Å². The average Bonchev–Trinajstić information content (AvgIpc) is 3.31. The van der Waals surface area contributed by atoms with Crippen LogP contribution in [0.3, 0.4) is 0 Å². The third-order valence-electron chi connectivity index (χ3n) is 5.15. The Bertz CT molecular complexity index is 714. The van der Waals surface area contributed by atoms with Gasteiger partial charge in [0.25, 0.3) is 5.91 Å². The summed E-state index contributed by atoms with van der Waals surface area (Å²) in [6.07, 6.45) is 1.52. The fourth-order valence-electron chi connectivity index (χ4n) is 3.75. The molecule has 2 aromatic rings. The standard InChI is InChI=1S/C17H21N3O3S/c1-12-15(24-11-19-12)6-20-5-13-7-22-10-17(13,9-20)8-18-16(21)14-3-2-4-23-14/h2-4,11,13H,5-10H2,1H3,(H,18,21)/t13-,17+/m1/s1. The van der Waals surface area contributed by atoms with E-state index < -0.39 is 0 Å². The largest absolute Gasteiger partial charge is 0.459 e. The second-order valence-electron chi connectivity index (χ2n) is 6.76. The van der Waals surface area contributed by atoms with Crippen LogP contribution in [0.2, 0.25) is 0 Å². The molecule has 0 unspecified atom stereocenters. The Morgan fingerprint density at radius 2 is 2.50 bits per heavy atom. The quantitative estimate of drug-likeness (QED) is 0.895. The Morgan fingerprint density at radius 3 is 3.25 bits per heavy atom. The molecule has 0 saturated carbocycles. The number of nitrogens with zero attached hydrogens (tertiary/aromatic N) is 2. The van der Waals surface area contributed by atoms with Gasteiger partial charge in [0, 0.05) is 42.4 Å². The van der Waals surface area contributed by atoms with Crippen molar-refractivity contribution in [3.8, 4) is 0 Å². The molecular weight excluding hydrogens is 326 g/mol. The number of hydrogen-bond acceptors (Lipinski definition) is 6. The molecule has 128 valence electrons. The molecular formula is C17H21N3O3S. The Morgan fingerprint density at radius 1 is 1.58 bits per heavy atom. The van der Waals surface area contributed by atoms with E-state index in [9.17, 15) is 4.79 Å². The molecule has 2 atom stereocenters. The van der Waals surface area contributed by atoms with Gasteiger partial charge < -0.3 is 14.5 Å². The van der Waals surface area contributed by atoms with Crippen molar-refractivity contribution < 1.29 is 13.9 Å². The van der Waals surface area contributed by atoms with Gasteiger partial charge in [0.05, 0.1) is 30.7 Å². The van der Waals surface area contributed by atoms with E-state index in [4.69, 9.17) is 9.15 Å². The van der Waals surface area contributed by atoms with E-state index in [1.54, 1.807) is 23.5 Å². The van der Waals surface area contributed by atoms with Gasteiger partial charge >= 0.3 is 0 Å². The number of amides is 1. The second kappa shape index (κ2) is 6.31. The molecule has 24 heavy (non-hydrogen) atoms. The molecule has 2 saturated heterocycles. The van der Waals surface area contributed by atoms with Crippen LogP contribution in [0.25, 0.3) is 0 Å². The number of thiazole rings is 1. The number of carbonyl (C=O) groups excluding carboxylic acids is 1. The van der Waals surface area contributed by atoms with Crippen molar-refractivity contribution in [3.63, 3.8) is 0 Å². The lowest BCUT2D eigenvalue weighted by Gasteiger charge is -2.27. The van der Waals surface area contributed by atoms with Crippen molar-refractivity contribution in [2.75, 3.05) is 32.8 Å². The van der Waals surface area contributed by atoms with Crippen molar-refractivity contribution in [1.29, 1.82) is 0 Å². The number of fused-ring (bicyclic) bond motifs is 1. The van der Waals surface area contributed by atoms with Gasteiger partial charge in [0.15, 0.2) is 5.76 Å². The lowest BCUT2D eigenvalue weighted by Crippen LogP contribution is -2.43. The van der Waals surface area contributed by atoms with Crippen LogP contribution in [-0.4, -0.2) is 48.6 Å². The topological polar surface area (TPSA) is 67.6 Å². The maximum Gasteiger partial charge on any atom is 0.286 e. The molecule has 0 radical (unpaired) electrons. The summed E-state index contributed by atoms with van der Waals surface area (Å²) in [6, 6.07) is 3.41. The van der Waals surface area contributed by atoms with Crippen LogP contribution in [0.1, 0.15) is 21.1 Å². The Hall–Kier alpha value is -1.70. The van der Waals surface area contributed by atoms with Crippen molar-refractivity contribution in [1.82, 2.24) is 15.2 Å². The highest BCUT2D eigenvalue weighted by Crippen LogP contribution is 2.41. The molecule has 0 bridgehead atoms.